The highest BCUT2D eigenvalue weighted by atomic mass is 16.5. The predicted molar refractivity (Wildman–Crippen MR) is 68.4 cm³/mol. The quantitative estimate of drug-likeness (QED) is 0.646. The van der Waals surface area contributed by atoms with E-state index in [-0.39, 0.29) is 0 Å². The van der Waals surface area contributed by atoms with Crippen LogP contribution in [0, 0.1) is 21.7 Å². The molecule has 1 heteroatoms. The fraction of sp³-hybridized carbons (Fsp3) is 1.00. The van der Waals surface area contributed by atoms with Gasteiger partial charge in [0.1, 0.15) is 0 Å². The standard InChI is InChI=1S/C15H28O/c1-12(2,3)7-15(13(4,5)6)8-14(9-15)10-16-11-14/h7-11H2,1-6H3. The van der Waals surface area contributed by atoms with Crippen LogP contribution in [0.15, 0.2) is 0 Å². The molecule has 1 heterocycles. The summed E-state index contributed by atoms with van der Waals surface area (Å²) in [6.45, 7) is 16.4. The monoisotopic (exact) mass is 224 g/mol. The molecule has 0 atom stereocenters. The maximum atomic E-state index is 5.42. The van der Waals surface area contributed by atoms with E-state index in [0.717, 1.165) is 13.2 Å². The van der Waals surface area contributed by atoms with Crippen molar-refractivity contribution in [2.75, 3.05) is 13.2 Å². The molecule has 2 aliphatic rings. The summed E-state index contributed by atoms with van der Waals surface area (Å²) in [6, 6.07) is 0. The van der Waals surface area contributed by atoms with Crippen molar-refractivity contribution in [3.63, 3.8) is 0 Å². The summed E-state index contributed by atoms with van der Waals surface area (Å²) in [6.07, 6.45) is 4.13. The first-order valence-corrected chi connectivity index (χ1v) is 6.66. The molecule has 1 nitrogen and oxygen atoms in total. The third-order valence-corrected chi connectivity index (χ3v) is 4.70. The second-order valence-electron chi connectivity index (χ2n) is 8.61. The fourth-order valence-corrected chi connectivity index (χ4v) is 3.91. The zero-order chi connectivity index (χ0) is 12.2. The molecule has 16 heavy (non-hydrogen) atoms. The Bertz CT molecular complexity index is 265. The van der Waals surface area contributed by atoms with Gasteiger partial charge in [-0.25, -0.2) is 0 Å². The van der Waals surface area contributed by atoms with Crippen molar-refractivity contribution < 1.29 is 4.74 Å². The Morgan fingerprint density at radius 3 is 1.69 bits per heavy atom. The highest BCUT2D eigenvalue weighted by Gasteiger charge is 2.62. The minimum Gasteiger partial charge on any atom is -0.380 e. The van der Waals surface area contributed by atoms with Crippen molar-refractivity contribution in [3.8, 4) is 0 Å². The summed E-state index contributed by atoms with van der Waals surface area (Å²) in [5.41, 5.74) is 2.01. The van der Waals surface area contributed by atoms with Gasteiger partial charge < -0.3 is 4.74 Å². The molecule has 1 spiro atoms. The summed E-state index contributed by atoms with van der Waals surface area (Å²) < 4.78 is 5.42. The third kappa shape index (κ3) is 1.92. The van der Waals surface area contributed by atoms with Crippen LogP contribution in [0.5, 0.6) is 0 Å². The van der Waals surface area contributed by atoms with Crippen molar-refractivity contribution in [1.29, 1.82) is 0 Å². The molecule has 0 unspecified atom stereocenters. The number of hydrogen-bond acceptors (Lipinski definition) is 1. The van der Waals surface area contributed by atoms with Gasteiger partial charge in [0.05, 0.1) is 13.2 Å². The van der Waals surface area contributed by atoms with Gasteiger partial charge in [-0.3, -0.25) is 0 Å². The third-order valence-electron chi connectivity index (χ3n) is 4.70. The van der Waals surface area contributed by atoms with Gasteiger partial charge >= 0.3 is 0 Å². The molecule has 1 aliphatic carbocycles. The van der Waals surface area contributed by atoms with Crippen molar-refractivity contribution in [2.45, 2.75) is 60.8 Å². The lowest BCUT2D eigenvalue weighted by Gasteiger charge is -2.66. The van der Waals surface area contributed by atoms with E-state index in [2.05, 4.69) is 41.5 Å². The van der Waals surface area contributed by atoms with Crippen LogP contribution in [0.3, 0.4) is 0 Å². The van der Waals surface area contributed by atoms with Gasteiger partial charge in [-0.15, -0.1) is 0 Å². The topological polar surface area (TPSA) is 9.23 Å². The molecule has 1 aliphatic heterocycles. The molecule has 0 aromatic rings. The molecule has 2 rings (SSSR count). The van der Waals surface area contributed by atoms with Gasteiger partial charge in [0, 0.05) is 5.41 Å². The number of rotatable bonds is 1. The Hall–Kier alpha value is -0.0400. The average Bonchev–Trinajstić information content (AvgIpc) is 1.86. The first-order chi connectivity index (χ1) is 7.08. The van der Waals surface area contributed by atoms with E-state index in [9.17, 15) is 0 Å². The largest absolute Gasteiger partial charge is 0.380 e. The SMILES string of the molecule is CC(C)(C)CC1(C(C)(C)C)CC2(COC2)C1. The lowest BCUT2D eigenvalue weighted by atomic mass is 9.41. The van der Waals surface area contributed by atoms with E-state index in [1.165, 1.54) is 19.3 Å². The Morgan fingerprint density at radius 2 is 1.44 bits per heavy atom. The highest BCUT2D eigenvalue weighted by molar-refractivity contribution is 5.11. The molecular weight excluding hydrogens is 196 g/mol. The summed E-state index contributed by atoms with van der Waals surface area (Å²) in [5, 5.41) is 0. The number of hydrogen-bond donors (Lipinski definition) is 0. The lowest BCUT2D eigenvalue weighted by Crippen LogP contribution is -2.62. The highest BCUT2D eigenvalue weighted by Crippen LogP contribution is 2.68. The van der Waals surface area contributed by atoms with Crippen molar-refractivity contribution in [3.05, 3.63) is 0 Å². The zero-order valence-electron chi connectivity index (χ0n) is 11.9. The van der Waals surface area contributed by atoms with E-state index in [1.54, 1.807) is 0 Å². The van der Waals surface area contributed by atoms with E-state index < -0.39 is 0 Å². The second kappa shape index (κ2) is 3.25. The van der Waals surface area contributed by atoms with Gasteiger partial charge in [-0.1, -0.05) is 41.5 Å². The van der Waals surface area contributed by atoms with Gasteiger partial charge in [-0.05, 0) is 35.5 Å². The van der Waals surface area contributed by atoms with Crippen LogP contribution in [0.2, 0.25) is 0 Å². The van der Waals surface area contributed by atoms with Crippen LogP contribution in [0.25, 0.3) is 0 Å². The maximum absolute atomic E-state index is 5.42. The normalized spacial score (nSPS) is 27.4. The van der Waals surface area contributed by atoms with Crippen LogP contribution < -0.4 is 0 Å². The zero-order valence-corrected chi connectivity index (χ0v) is 11.9. The molecule has 0 N–H and O–H groups in total. The van der Waals surface area contributed by atoms with Crippen LogP contribution >= 0.6 is 0 Å². The Kier molecular flexibility index (Phi) is 2.52. The first-order valence-electron chi connectivity index (χ1n) is 6.66. The Morgan fingerprint density at radius 1 is 0.938 bits per heavy atom. The molecular formula is C15H28O. The van der Waals surface area contributed by atoms with Crippen molar-refractivity contribution in [1.82, 2.24) is 0 Å². The second-order valence-corrected chi connectivity index (χ2v) is 8.61. The Balaban J connectivity index is 2.11. The molecule has 2 fully saturated rings. The first kappa shape index (κ1) is 12.4. The van der Waals surface area contributed by atoms with Crippen LogP contribution in [0.1, 0.15) is 60.8 Å². The van der Waals surface area contributed by atoms with Crippen molar-refractivity contribution in [2.24, 2.45) is 21.7 Å². The van der Waals surface area contributed by atoms with E-state index >= 15 is 0 Å². The smallest absolute Gasteiger partial charge is 0.0545 e. The van der Waals surface area contributed by atoms with Gasteiger partial charge in [0.2, 0.25) is 0 Å². The minimum absolute atomic E-state index is 0.432. The van der Waals surface area contributed by atoms with Crippen LogP contribution in [-0.4, -0.2) is 13.2 Å². The molecule has 94 valence electrons. The average molecular weight is 224 g/mol. The lowest BCUT2D eigenvalue weighted by molar-refractivity contribution is -0.246. The van der Waals surface area contributed by atoms with E-state index in [0.29, 0.717) is 21.7 Å². The minimum atomic E-state index is 0.432. The van der Waals surface area contributed by atoms with Crippen LogP contribution in [0.4, 0.5) is 0 Å². The molecule has 0 aromatic carbocycles. The summed E-state index contributed by atoms with van der Waals surface area (Å²) in [5.74, 6) is 0. The Labute approximate surface area is 101 Å². The van der Waals surface area contributed by atoms with Gasteiger partial charge in [0.15, 0.2) is 0 Å². The predicted octanol–water partition coefficient (Wildman–Crippen LogP) is 4.27. The van der Waals surface area contributed by atoms with E-state index in [4.69, 9.17) is 4.74 Å². The van der Waals surface area contributed by atoms with Gasteiger partial charge in [0.25, 0.3) is 0 Å². The molecule has 1 saturated carbocycles. The maximum Gasteiger partial charge on any atom is 0.0545 e. The summed E-state index contributed by atoms with van der Waals surface area (Å²) in [7, 11) is 0. The molecule has 0 aromatic heterocycles. The van der Waals surface area contributed by atoms with Crippen LogP contribution in [-0.2, 0) is 4.74 Å². The summed E-state index contributed by atoms with van der Waals surface area (Å²) >= 11 is 0. The fourth-order valence-electron chi connectivity index (χ4n) is 3.91. The van der Waals surface area contributed by atoms with Crippen molar-refractivity contribution >= 4 is 0 Å². The molecule has 0 bridgehead atoms. The molecule has 1 saturated heterocycles. The van der Waals surface area contributed by atoms with E-state index in [1.807, 2.05) is 0 Å². The molecule has 0 radical (unpaired) electrons. The summed E-state index contributed by atoms with van der Waals surface area (Å²) in [4.78, 5) is 0. The van der Waals surface area contributed by atoms with Gasteiger partial charge in [-0.2, -0.15) is 0 Å². The molecule has 0 amide bonds. The number of ether oxygens (including phenoxy) is 1.